The standard InChI is InChI=1S/C14H17N3/c1-9-4-5-10-11(15-9)6-7-12-14(10)16-13-3-2-8-17(12)13/h6-7,9,15H,2-5,8H2,1H3/t9-/m0/s1. The fraction of sp³-hybridized carbons (Fsp3) is 0.500. The molecule has 0 saturated heterocycles. The van der Waals surface area contributed by atoms with Crippen molar-refractivity contribution in [2.45, 2.75) is 45.2 Å². The summed E-state index contributed by atoms with van der Waals surface area (Å²) < 4.78 is 2.40. The molecule has 0 spiro atoms. The highest BCUT2D eigenvalue weighted by Gasteiger charge is 2.22. The minimum atomic E-state index is 0.592. The van der Waals surface area contributed by atoms with Gasteiger partial charge in [0.1, 0.15) is 5.82 Å². The third-order valence-electron chi connectivity index (χ3n) is 4.12. The zero-order valence-electron chi connectivity index (χ0n) is 10.2. The number of fused-ring (bicyclic) bond motifs is 5. The van der Waals surface area contributed by atoms with E-state index < -0.39 is 0 Å². The van der Waals surface area contributed by atoms with Crippen molar-refractivity contribution in [1.82, 2.24) is 9.55 Å². The molecule has 0 saturated carbocycles. The third-order valence-corrected chi connectivity index (χ3v) is 4.12. The highest BCUT2D eigenvalue weighted by atomic mass is 15.1. The molecule has 1 N–H and O–H groups in total. The van der Waals surface area contributed by atoms with Crippen LogP contribution in [0.25, 0.3) is 11.0 Å². The van der Waals surface area contributed by atoms with Gasteiger partial charge in [-0.05, 0) is 38.3 Å². The second-order valence-electron chi connectivity index (χ2n) is 5.33. The highest BCUT2D eigenvalue weighted by Crippen LogP contribution is 2.33. The van der Waals surface area contributed by atoms with Crippen molar-refractivity contribution in [3.05, 3.63) is 23.5 Å². The summed E-state index contributed by atoms with van der Waals surface area (Å²) in [6.07, 6.45) is 4.78. The van der Waals surface area contributed by atoms with Gasteiger partial charge in [0.2, 0.25) is 0 Å². The fourth-order valence-electron chi connectivity index (χ4n) is 3.22. The monoisotopic (exact) mass is 227 g/mol. The third kappa shape index (κ3) is 1.25. The Labute approximate surface area is 101 Å². The molecule has 3 nitrogen and oxygen atoms in total. The molecule has 3 heterocycles. The van der Waals surface area contributed by atoms with E-state index in [0.717, 1.165) is 19.4 Å². The van der Waals surface area contributed by atoms with Crippen molar-refractivity contribution in [2.24, 2.45) is 0 Å². The molecule has 2 aliphatic heterocycles. The summed E-state index contributed by atoms with van der Waals surface area (Å²) in [4.78, 5) is 4.85. The van der Waals surface area contributed by atoms with Crippen molar-refractivity contribution in [2.75, 3.05) is 5.32 Å². The fourth-order valence-corrected chi connectivity index (χ4v) is 3.22. The van der Waals surface area contributed by atoms with Crippen molar-refractivity contribution < 1.29 is 0 Å². The number of nitrogens with zero attached hydrogens (tertiary/aromatic N) is 2. The van der Waals surface area contributed by atoms with E-state index in [4.69, 9.17) is 4.98 Å². The molecule has 0 radical (unpaired) electrons. The number of rotatable bonds is 0. The van der Waals surface area contributed by atoms with Crippen molar-refractivity contribution in [3.63, 3.8) is 0 Å². The van der Waals surface area contributed by atoms with Gasteiger partial charge in [-0.1, -0.05) is 0 Å². The number of hydrogen-bond acceptors (Lipinski definition) is 2. The molecule has 0 unspecified atom stereocenters. The normalized spacial score (nSPS) is 22.3. The van der Waals surface area contributed by atoms with Gasteiger partial charge in [-0.3, -0.25) is 0 Å². The highest BCUT2D eigenvalue weighted by molar-refractivity contribution is 5.86. The molecular formula is C14H17N3. The molecule has 4 rings (SSSR count). The SMILES string of the molecule is C[C@H]1CCc2c(ccc3c2nc2n3CCC2)N1. The Balaban J connectivity index is 1.98. The Morgan fingerprint density at radius 2 is 2.29 bits per heavy atom. The van der Waals surface area contributed by atoms with Gasteiger partial charge in [0.25, 0.3) is 0 Å². The van der Waals surface area contributed by atoms with Crippen LogP contribution in [0.3, 0.4) is 0 Å². The maximum absolute atomic E-state index is 4.85. The van der Waals surface area contributed by atoms with Gasteiger partial charge in [-0.25, -0.2) is 4.98 Å². The van der Waals surface area contributed by atoms with Gasteiger partial charge in [0.05, 0.1) is 11.0 Å². The van der Waals surface area contributed by atoms with E-state index in [9.17, 15) is 0 Å². The van der Waals surface area contributed by atoms with Gasteiger partial charge in [-0.2, -0.15) is 0 Å². The van der Waals surface area contributed by atoms with Crippen molar-refractivity contribution >= 4 is 16.7 Å². The number of aromatic nitrogens is 2. The lowest BCUT2D eigenvalue weighted by atomic mass is 9.98. The topological polar surface area (TPSA) is 29.9 Å². The smallest absolute Gasteiger partial charge is 0.109 e. The lowest BCUT2D eigenvalue weighted by Gasteiger charge is -2.24. The van der Waals surface area contributed by atoms with Crippen LogP contribution < -0.4 is 5.32 Å². The summed E-state index contributed by atoms with van der Waals surface area (Å²) in [7, 11) is 0. The number of anilines is 1. The van der Waals surface area contributed by atoms with E-state index in [1.165, 1.54) is 41.0 Å². The molecule has 0 bridgehead atoms. The molecule has 2 aromatic rings. The largest absolute Gasteiger partial charge is 0.382 e. The van der Waals surface area contributed by atoms with Gasteiger partial charge >= 0.3 is 0 Å². The molecule has 2 aliphatic rings. The molecule has 0 amide bonds. The average molecular weight is 227 g/mol. The Hall–Kier alpha value is -1.51. The van der Waals surface area contributed by atoms with Crippen molar-refractivity contribution in [3.8, 4) is 0 Å². The summed E-state index contributed by atoms with van der Waals surface area (Å²) in [5.74, 6) is 1.28. The van der Waals surface area contributed by atoms with E-state index in [0.29, 0.717) is 6.04 Å². The van der Waals surface area contributed by atoms with Crippen LogP contribution in [-0.2, 0) is 19.4 Å². The number of nitrogens with one attached hydrogen (secondary N) is 1. The summed E-state index contributed by atoms with van der Waals surface area (Å²) in [5, 5.41) is 3.57. The van der Waals surface area contributed by atoms with Gasteiger partial charge in [0, 0.05) is 30.3 Å². The molecule has 1 aromatic carbocycles. The van der Waals surface area contributed by atoms with Crippen LogP contribution in [0, 0.1) is 0 Å². The quantitative estimate of drug-likeness (QED) is 0.750. The summed E-state index contributed by atoms with van der Waals surface area (Å²) in [6, 6.07) is 5.07. The first-order valence-corrected chi connectivity index (χ1v) is 6.60. The predicted octanol–water partition coefficient (Wildman–Crippen LogP) is 2.73. The number of hydrogen-bond donors (Lipinski definition) is 1. The van der Waals surface area contributed by atoms with Crippen LogP contribution in [0.1, 0.15) is 31.2 Å². The van der Waals surface area contributed by atoms with Gasteiger partial charge < -0.3 is 9.88 Å². The first-order chi connectivity index (χ1) is 8.33. The summed E-state index contributed by atoms with van der Waals surface area (Å²) >= 11 is 0. The molecule has 1 aromatic heterocycles. The van der Waals surface area contributed by atoms with E-state index in [1.807, 2.05) is 0 Å². The van der Waals surface area contributed by atoms with Crippen LogP contribution >= 0.6 is 0 Å². The van der Waals surface area contributed by atoms with Gasteiger partial charge in [-0.15, -0.1) is 0 Å². The van der Waals surface area contributed by atoms with Crippen LogP contribution in [0.2, 0.25) is 0 Å². The van der Waals surface area contributed by atoms with E-state index >= 15 is 0 Å². The zero-order valence-corrected chi connectivity index (χ0v) is 10.2. The minimum absolute atomic E-state index is 0.592. The molecule has 3 heteroatoms. The predicted molar refractivity (Wildman–Crippen MR) is 69.5 cm³/mol. The Kier molecular flexibility index (Phi) is 1.82. The van der Waals surface area contributed by atoms with E-state index in [1.54, 1.807) is 0 Å². The van der Waals surface area contributed by atoms with Crippen LogP contribution in [0.15, 0.2) is 12.1 Å². The summed E-state index contributed by atoms with van der Waals surface area (Å²) in [6.45, 7) is 3.40. The maximum atomic E-state index is 4.85. The molecule has 17 heavy (non-hydrogen) atoms. The number of benzene rings is 1. The molecular weight excluding hydrogens is 210 g/mol. The second kappa shape index (κ2) is 3.25. The Morgan fingerprint density at radius 3 is 3.24 bits per heavy atom. The Bertz CT molecular complexity index is 597. The molecule has 0 aliphatic carbocycles. The molecule has 1 atom stereocenters. The minimum Gasteiger partial charge on any atom is -0.382 e. The Morgan fingerprint density at radius 1 is 1.35 bits per heavy atom. The van der Waals surface area contributed by atoms with Crippen LogP contribution in [0.4, 0.5) is 5.69 Å². The van der Waals surface area contributed by atoms with Crippen LogP contribution in [0.5, 0.6) is 0 Å². The van der Waals surface area contributed by atoms with E-state index in [2.05, 4.69) is 28.9 Å². The molecule has 88 valence electrons. The van der Waals surface area contributed by atoms with Crippen molar-refractivity contribution in [1.29, 1.82) is 0 Å². The first kappa shape index (κ1) is 9.51. The second-order valence-corrected chi connectivity index (χ2v) is 5.33. The van der Waals surface area contributed by atoms with E-state index in [-0.39, 0.29) is 0 Å². The van der Waals surface area contributed by atoms with Crippen LogP contribution in [-0.4, -0.2) is 15.6 Å². The first-order valence-electron chi connectivity index (χ1n) is 6.60. The van der Waals surface area contributed by atoms with Gasteiger partial charge in [0.15, 0.2) is 0 Å². The number of aryl methyl sites for hydroxylation is 3. The lowest BCUT2D eigenvalue weighted by Crippen LogP contribution is -2.22. The lowest BCUT2D eigenvalue weighted by molar-refractivity contribution is 0.683. The molecule has 0 fully saturated rings. The summed E-state index contributed by atoms with van der Waals surface area (Å²) in [5.41, 5.74) is 5.32. The zero-order chi connectivity index (χ0) is 11.4. The number of imidazole rings is 1. The maximum Gasteiger partial charge on any atom is 0.109 e. The average Bonchev–Trinajstić information content (AvgIpc) is 2.88.